The van der Waals surface area contributed by atoms with E-state index in [0.29, 0.717) is 37.9 Å². The number of amides is 1. The van der Waals surface area contributed by atoms with Crippen molar-refractivity contribution in [1.82, 2.24) is 4.90 Å². The number of nitrogens with zero attached hydrogens (tertiary/aromatic N) is 1. The molecule has 17 heavy (non-hydrogen) atoms. The van der Waals surface area contributed by atoms with Crippen LogP contribution in [0.15, 0.2) is 24.3 Å². The van der Waals surface area contributed by atoms with Crippen molar-refractivity contribution in [2.75, 3.05) is 38.2 Å². The number of halogens is 1. The first-order chi connectivity index (χ1) is 8.25. The maximum Gasteiger partial charge on any atom is 0.242 e. The predicted octanol–water partition coefficient (Wildman–Crippen LogP) is 1.61. The van der Waals surface area contributed by atoms with E-state index in [-0.39, 0.29) is 5.91 Å². The van der Waals surface area contributed by atoms with Crippen LogP contribution in [-0.2, 0) is 9.53 Å². The molecule has 1 aliphatic rings. The summed E-state index contributed by atoms with van der Waals surface area (Å²) in [5.41, 5.74) is 0.860. The average Bonchev–Trinajstić information content (AvgIpc) is 2.37. The van der Waals surface area contributed by atoms with Crippen LogP contribution < -0.4 is 5.32 Å². The first-order valence-electron chi connectivity index (χ1n) is 5.60. The quantitative estimate of drug-likeness (QED) is 0.891. The molecule has 0 spiro atoms. The number of hydrogen-bond acceptors (Lipinski definition) is 3. The second kappa shape index (κ2) is 5.89. The Morgan fingerprint density at radius 3 is 2.88 bits per heavy atom. The lowest BCUT2D eigenvalue weighted by molar-refractivity contribution is -0.133. The number of morpholine rings is 1. The number of ether oxygens (including phenoxy) is 1. The van der Waals surface area contributed by atoms with E-state index < -0.39 is 0 Å². The normalized spacial score (nSPS) is 15.7. The topological polar surface area (TPSA) is 41.6 Å². The van der Waals surface area contributed by atoms with E-state index in [1.807, 2.05) is 12.1 Å². The lowest BCUT2D eigenvalue weighted by Gasteiger charge is -2.27. The summed E-state index contributed by atoms with van der Waals surface area (Å²) in [4.78, 5) is 13.6. The molecule has 0 radical (unpaired) electrons. The third kappa shape index (κ3) is 3.61. The van der Waals surface area contributed by atoms with Gasteiger partial charge in [0.1, 0.15) is 0 Å². The molecule has 0 atom stereocenters. The van der Waals surface area contributed by atoms with Gasteiger partial charge in [0.2, 0.25) is 5.91 Å². The van der Waals surface area contributed by atoms with Gasteiger partial charge in [0.15, 0.2) is 0 Å². The molecular weight excluding hydrogens is 240 g/mol. The van der Waals surface area contributed by atoms with Crippen LogP contribution in [0.1, 0.15) is 0 Å². The predicted molar refractivity (Wildman–Crippen MR) is 67.3 cm³/mol. The lowest BCUT2D eigenvalue weighted by atomic mass is 10.3. The van der Waals surface area contributed by atoms with Crippen LogP contribution in [0.3, 0.4) is 0 Å². The lowest BCUT2D eigenvalue weighted by Crippen LogP contribution is -2.43. The maximum atomic E-state index is 11.8. The van der Waals surface area contributed by atoms with Gasteiger partial charge in [-0.15, -0.1) is 0 Å². The van der Waals surface area contributed by atoms with Gasteiger partial charge in [0.05, 0.1) is 19.8 Å². The van der Waals surface area contributed by atoms with Crippen LogP contribution in [0, 0.1) is 0 Å². The highest BCUT2D eigenvalue weighted by atomic mass is 35.5. The highest BCUT2D eigenvalue weighted by molar-refractivity contribution is 6.30. The molecule has 0 aromatic heterocycles. The molecule has 1 aromatic rings. The number of nitrogens with one attached hydrogen (secondary N) is 1. The Balaban J connectivity index is 1.83. The molecule has 0 aliphatic carbocycles. The third-order valence-electron chi connectivity index (χ3n) is 2.63. The monoisotopic (exact) mass is 254 g/mol. The standard InChI is InChI=1S/C12H15ClN2O2/c13-10-2-1-3-11(8-10)14-9-12(16)15-4-6-17-7-5-15/h1-3,8,14H,4-7,9H2. The van der Waals surface area contributed by atoms with Gasteiger partial charge >= 0.3 is 0 Å². The van der Waals surface area contributed by atoms with Crippen molar-refractivity contribution in [3.05, 3.63) is 29.3 Å². The van der Waals surface area contributed by atoms with Gasteiger partial charge in [-0.1, -0.05) is 17.7 Å². The Labute approximate surface area is 106 Å². The van der Waals surface area contributed by atoms with Gasteiger partial charge in [-0.25, -0.2) is 0 Å². The highest BCUT2D eigenvalue weighted by Gasteiger charge is 2.15. The molecule has 5 heteroatoms. The van der Waals surface area contributed by atoms with Crippen LogP contribution in [0.4, 0.5) is 5.69 Å². The van der Waals surface area contributed by atoms with Crippen molar-refractivity contribution in [2.45, 2.75) is 0 Å². The maximum absolute atomic E-state index is 11.8. The second-order valence-corrected chi connectivity index (χ2v) is 4.29. The summed E-state index contributed by atoms with van der Waals surface area (Å²) >= 11 is 5.86. The van der Waals surface area contributed by atoms with E-state index >= 15 is 0 Å². The number of anilines is 1. The van der Waals surface area contributed by atoms with E-state index in [9.17, 15) is 4.79 Å². The zero-order chi connectivity index (χ0) is 12.1. The van der Waals surface area contributed by atoms with Crippen molar-refractivity contribution < 1.29 is 9.53 Å². The van der Waals surface area contributed by atoms with Gasteiger partial charge in [-0.2, -0.15) is 0 Å². The summed E-state index contributed by atoms with van der Waals surface area (Å²) < 4.78 is 5.20. The molecule has 1 aromatic carbocycles. The first kappa shape index (κ1) is 12.2. The number of carbonyl (C=O) groups is 1. The second-order valence-electron chi connectivity index (χ2n) is 3.86. The van der Waals surface area contributed by atoms with Gasteiger partial charge in [-0.3, -0.25) is 4.79 Å². The first-order valence-corrected chi connectivity index (χ1v) is 5.98. The summed E-state index contributed by atoms with van der Waals surface area (Å²) in [6.07, 6.45) is 0. The number of rotatable bonds is 3. The molecule has 1 saturated heterocycles. The van der Waals surface area contributed by atoms with Crippen molar-refractivity contribution in [3.8, 4) is 0 Å². The van der Waals surface area contributed by atoms with Gasteiger partial charge < -0.3 is 15.0 Å². The summed E-state index contributed by atoms with van der Waals surface area (Å²) in [6, 6.07) is 7.34. The van der Waals surface area contributed by atoms with Gasteiger partial charge in [-0.05, 0) is 18.2 Å². The van der Waals surface area contributed by atoms with Crippen LogP contribution in [0.5, 0.6) is 0 Å². The van der Waals surface area contributed by atoms with E-state index in [2.05, 4.69) is 5.32 Å². The summed E-state index contributed by atoms with van der Waals surface area (Å²) in [6.45, 7) is 2.90. The van der Waals surface area contributed by atoms with Crippen molar-refractivity contribution in [1.29, 1.82) is 0 Å². The molecule has 1 amide bonds. The Morgan fingerprint density at radius 1 is 1.41 bits per heavy atom. The highest BCUT2D eigenvalue weighted by Crippen LogP contribution is 2.14. The molecule has 0 saturated carbocycles. The fourth-order valence-corrected chi connectivity index (χ4v) is 1.89. The number of benzene rings is 1. The van der Waals surface area contributed by atoms with E-state index in [4.69, 9.17) is 16.3 Å². The minimum atomic E-state index is 0.0910. The van der Waals surface area contributed by atoms with E-state index in [0.717, 1.165) is 5.69 Å². The van der Waals surface area contributed by atoms with Gasteiger partial charge in [0.25, 0.3) is 0 Å². The molecule has 4 nitrogen and oxygen atoms in total. The number of hydrogen-bond donors (Lipinski definition) is 1. The summed E-state index contributed by atoms with van der Waals surface area (Å²) in [5, 5.41) is 3.73. The van der Waals surface area contributed by atoms with Crippen LogP contribution in [0.2, 0.25) is 5.02 Å². The largest absolute Gasteiger partial charge is 0.378 e. The van der Waals surface area contributed by atoms with Gasteiger partial charge in [0, 0.05) is 23.8 Å². The minimum absolute atomic E-state index is 0.0910. The molecule has 0 unspecified atom stereocenters. The fourth-order valence-electron chi connectivity index (χ4n) is 1.70. The molecular formula is C12H15ClN2O2. The molecule has 1 aliphatic heterocycles. The third-order valence-corrected chi connectivity index (χ3v) is 2.87. The molecule has 1 fully saturated rings. The van der Waals surface area contributed by atoms with Crippen molar-refractivity contribution in [3.63, 3.8) is 0 Å². The Bertz CT molecular complexity index is 392. The molecule has 2 rings (SSSR count). The number of carbonyl (C=O) groups excluding carboxylic acids is 1. The Kier molecular flexibility index (Phi) is 4.23. The zero-order valence-electron chi connectivity index (χ0n) is 9.49. The average molecular weight is 255 g/mol. The smallest absolute Gasteiger partial charge is 0.242 e. The van der Waals surface area contributed by atoms with Crippen LogP contribution >= 0.6 is 11.6 Å². The van der Waals surface area contributed by atoms with Crippen LogP contribution in [0.25, 0.3) is 0 Å². The minimum Gasteiger partial charge on any atom is -0.378 e. The Morgan fingerprint density at radius 2 is 2.18 bits per heavy atom. The van der Waals surface area contributed by atoms with E-state index in [1.54, 1.807) is 17.0 Å². The van der Waals surface area contributed by atoms with Crippen LogP contribution in [-0.4, -0.2) is 43.7 Å². The molecule has 1 N–H and O–H groups in total. The zero-order valence-corrected chi connectivity index (χ0v) is 10.2. The molecule has 0 bridgehead atoms. The SMILES string of the molecule is O=C(CNc1cccc(Cl)c1)N1CCOCC1. The van der Waals surface area contributed by atoms with Crippen molar-refractivity contribution >= 4 is 23.2 Å². The fraction of sp³-hybridized carbons (Fsp3) is 0.417. The molecule has 1 heterocycles. The Hall–Kier alpha value is -1.26. The van der Waals surface area contributed by atoms with Crippen molar-refractivity contribution in [2.24, 2.45) is 0 Å². The molecule has 92 valence electrons. The van der Waals surface area contributed by atoms with E-state index in [1.165, 1.54) is 0 Å². The summed E-state index contributed by atoms with van der Waals surface area (Å²) in [7, 11) is 0. The summed E-state index contributed by atoms with van der Waals surface area (Å²) in [5.74, 6) is 0.0910.